The average Bonchev–Trinajstić information content (AvgIpc) is 3.27. The number of rotatable bonds is 6. The number of methoxy groups -OCH3 is 1. The van der Waals surface area contributed by atoms with Gasteiger partial charge in [-0.25, -0.2) is 9.50 Å². The smallest absolute Gasteiger partial charge is 0.245 e. The number of halogens is 1. The maximum absolute atomic E-state index is 11.1. The summed E-state index contributed by atoms with van der Waals surface area (Å²) < 4.78 is 13.2. The highest BCUT2D eigenvalue weighted by atomic mass is 35.5. The lowest BCUT2D eigenvalue weighted by molar-refractivity contribution is -0.125. The summed E-state index contributed by atoms with van der Waals surface area (Å²) in [7, 11) is 1.63. The third kappa shape index (κ3) is 4.35. The molecule has 2 aromatic carbocycles. The number of ether oxygens (including phenoxy) is 2. The quantitative estimate of drug-likeness (QED) is 0.429. The van der Waals surface area contributed by atoms with E-state index in [1.54, 1.807) is 28.8 Å². The molecule has 1 N–H and O–H groups in total. The fourth-order valence-electron chi connectivity index (χ4n) is 3.96. The van der Waals surface area contributed by atoms with Crippen molar-refractivity contribution in [1.82, 2.24) is 19.5 Å². The van der Waals surface area contributed by atoms with Crippen LogP contribution < -0.4 is 10.1 Å². The summed E-state index contributed by atoms with van der Waals surface area (Å²) in [5, 5.41) is 8.57. The Labute approximate surface area is 195 Å². The number of benzene rings is 2. The van der Waals surface area contributed by atoms with Crippen LogP contribution in [-0.4, -0.2) is 52.7 Å². The first-order valence-electron chi connectivity index (χ1n) is 10.5. The zero-order valence-corrected chi connectivity index (χ0v) is 18.7. The van der Waals surface area contributed by atoms with Crippen LogP contribution >= 0.6 is 11.6 Å². The molecule has 4 aromatic rings. The van der Waals surface area contributed by atoms with Gasteiger partial charge in [0.15, 0.2) is 0 Å². The first-order chi connectivity index (χ1) is 16.1. The predicted octanol–water partition coefficient (Wildman–Crippen LogP) is 4.33. The fourth-order valence-corrected chi connectivity index (χ4v) is 4.13. The summed E-state index contributed by atoms with van der Waals surface area (Å²) >= 11 is 6.24. The van der Waals surface area contributed by atoms with E-state index in [0.29, 0.717) is 36.4 Å². The normalized spacial score (nSPS) is 16.1. The van der Waals surface area contributed by atoms with Gasteiger partial charge in [0.1, 0.15) is 11.9 Å². The van der Waals surface area contributed by atoms with Gasteiger partial charge in [-0.2, -0.15) is 0 Å². The minimum absolute atomic E-state index is 0.166. The van der Waals surface area contributed by atoms with Gasteiger partial charge in [-0.15, -0.1) is 5.10 Å². The summed E-state index contributed by atoms with van der Waals surface area (Å²) in [5.41, 5.74) is 4.33. The number of amides is 1. The van der Waals surface area contributed by atoms with E-state index in [9.17, 15) is 4.79 Å². The molecule has 3 heterocycles. The van der Waals surface area contributed by atoms with Gasteiger partial charge in [0.05, 0.1) is 37.7 Å². The zero-order valence-electron chi connectivity index (χ0n) is 17.9. The van der Waals surface area contributed by atoms with Crippen molar-refractivity contribution in [2.45, 2.75) is 6.10 Å². The Morgan fingerprint density at radius 2 is 2.12 bits per heavy atom. The second kappa shape index (κ2) is 9.09. The molecule has 168 valence electrons. The van der Waals surface area contributed by atoms with Crippen LogP contribution in [0.1, 0.15) is 11.7 Å². The molecule has 1 amide bonds. The molecule has 0 radical (unpaired) electrons. The van der Waals surface area contributed by atoms with Crippen LogP contribution in [0.5, 0.6) is 5.75 Å². The minimum Gasteiger partial charge on any atom is -0.496 e. The Kier molecular flexibility index (Phi) is 5.85. The van der Waals surface area contributed by atoms with Gasteiger partial charge in [-0.3, -0.25) is 4.79 Å². The maximum Gasteiger partial charge on any atom is 0.245 e. The molecule has 5 rings (SSSR count). The van der Waals surface area contributed by atoms with Crippen molar-refractivity contribution in [2.75, 3.05) is 32.1 Å². The van der Waals surface area contributed by atoms with Crippen molar-refractivity contribution < 1.29 is 14.3 Å². The number of carbonyl (C=O) groups excluding carboxylic acids is 1. The van der Waals surface area contributed by atoms with Crippen LogP contribution in [0.3, 0.4) is 0 Å². The molecular formula is C24H22ClN5O3. The van der Waals surface area contributed by atoms with E-state index in [2.05, 4.69) is 15.4 Å². The molecule has 9 heteroatoms. The standard InChI is InChI=1S/C24H22ClN5O3/c1-32-22-8-5-17(25)12-20(22)21-7-6-19-13-26-24(28-30(19)21)27-18-4-2-3-16(11-18)23-14-29(15-31)9-10-33-23/h2-8,11-13,15,23H,9-10,14H2,1H3,(H,27,28). The van der Waals surface area contributed by atoms with Gasteiger partial charge >= 0.3 is 0 Å². The number of aromatic nitrogens is 3. The van der Waals surface area contributed by atoms with Crippen LogP contribution in [0.2, 0.25) is 5.02 Å². The molecule has 0 saturated carbocycles. The van der Waals surface area contributed by atoms with Crippen molar-refractivity contribution >= 4 is 35.2 Å². The summed E-state index contributed by atoms with van der Waals surface area (Å²) in [6.07, 6.45) is 2.45. The summed E-state index contributed by atoms with van der Waals surface area (Å²) in [6, 6.07) is 17.2. The number of hydrogen-bond donors (Lipinski definition) is 1. The van der Waals surface area contributed by atoms with Crippen molar-refractivity contribution in [3.8, 4) is 17.0 Å². The molecule has 0 spiro atoms. The number of nitrogens with zero attached hydrogens (tertiary/aromatic N) is 4. The Balaban J connectivity index is 1.44. The summed E-state index contributed by atoms with van der Waals surface area (Å²) in [5.74, 6) is 1.15. The number of fused-ring (bicyclic) bond motifs is 1. The lowest BCUT2D eigenvalue weighted by atomic mass is 10.1. The Morgan fingerprint density at radius 3 is 2.97 bits per heavy atom. The number of carbonyl (C=O) groups is 1. The highest BCUT2D eigenvalue weighted by Gasteiger charge is 2.21. The number of anilines is 2. The zero-order chi connectivity index (χ0) is 22.8. The van der Waals surface area contributed by atoms with Crippen molar-refractivity contribution in [2.24, 2.45) is 0 Å². The van der Waals surface area contributed by atoms with Gasteiger partial charge in [-0.1, -0.05) is 23.7 Å². The van der Waals surface area contributed by atoms with Crippen molar-refractivity contribution in [1.29, 1.82) is 0 Å². The van der Waals surface area contributed by atoms with Gasteiger partial charge in [0.2, 0.25) is 12.4 Å². The molecule has 1 aliphatic rings. The third-order valence-electron chi connectivity index (χ3n) is 5.60. The topological polar surface area (TPSA) is 81.0 Å². The number of morpholine rings is 1. The van der Waals surface area contributed by atoms with E-state index in [1.807, 2.05) is 48.5 Å². The Bertz CT molecular complexity index is 1310. The lowest BCUT2D eigenvalue weighted by Gasteiger charge is -2.30. The molecule has 1 atom stereocenters. The first kappa shape index (κ1) is 21.2. The second-order valence-electron chi connectivity index (χ2n) is 7.69. The molecule has 0 bridgehead atoms. The van der Waals surface area contributed by atoms with Gasteiger partial charge in [0.25, 0.3) is 0 Å². The predicted molar refractivity (Wildman–Crippen MR) is 126 cm³/mol. The fraction of sp³-hybridized carbons (Fsp3) is 0.208. The van der Waals surface area contributed by atoms with E-state index in [0.717, 1.165) is 34.4 Å². The SMILES string of the molecule is COc1ccc(Cl)cc1-c1ccc2cnc(Nc3cccc(C4CN(C=O)CCO4)c3)nn12. The van der Waals surface area contributed by atoms with E-state index < -0.39 is 0 Å². The largest absolute Gasteiger partial charge is 0.496 e. The van der Waals surface area contributed by atoms with E-state index in [4.69, 9.17) is 21.1 Å². The van der Waals surface area contributed by atoms with Crippen molar-refractivity contribution in [3.05, 3.63) is 71.4 Å². The maximum atomic E-state index is 11.1. The second-order valence-corrected chi connectivity index (χ2v) is 8.13. The van der Waals surface area contributed by atoms with E-state index >= 15 is 0 Å². The Morgan fingerprint density at radius 1 is 1.21 bits per heavy atom. The summed E-state index contributed by atoms with van der Waals surface area (Å²) in [4.78, 5) is 17.3. The molecule has 1 fully saturated rings. The van der Waals surface area contributed by atoms with Crippen LogP contribution in [0.4, 0.5) is 11.6 Å². The molecule has 1 aliphatic heterocycles. The minimum atomic E-state index is -0.166. The lowest BCUT2D eigenvalue weighted by Crippen LogP contribution is -2.37. The van der Waals surface area contributed by atoms with Crippen LogP contribution in [-0.2, 0) is 9.53 Å². The monoisotopic (exact) mass is 463 g/mol. The van der Waals surface area contributed by atoms with Gasteiger partial charge < -0.3 is 19.7 Å². The highest BCUT2D eigenvalue weighted by molar-refractivity contribution is 6.31. The molecule has 0 aliphatic carbocycles. The summed E-state index contributed by atoms with van der Waals surface area (Å²) in [6.45, 7) is 1.66. The molecule has 2 aromatic heterocycles. The van der Waals surface area contributed by atoms with E-state index in [1.165, 1.54) is 0 Å². The Hall–Kier alpha value is -3.62. The highest BCUT2D eigenvalue weighted by Crippen LogP contribution is 2.33. The van der Waals surface area contributed by atoms with Crippen LogP contribution in [0.15, 0.2) is 60.8 Å². The van der Waals surface area contributed by atoms with Gasteiger partial charge in [-0.05, 0) is 48.0 Å². The van der Waals surface area contributed by atoms with Crippen LogP contribution in [0.25, 0.3) is 16.8 Å². The van der Waals surface area contributed by atoms with Gasteiger partial charge in [0, 0.05) is 22.8 Å². The third-order valence-corrected chi connectivity index (χ3v) is 5.83. The van der Waals surface area contributed by atoms with Crippen LogP contribution in [0, 0.1) is 0 Å². The van der Waals surface area contributed by atoms with Crippen molar-refractivity contribution in [3.63, 3.8) is 0 Å². The number of hydrogen-bond acceptors (Lipinski definition) is 6. The molecule has 1 unspecified atom stereocenters. The van der Waals surface area contributed by atoms with E-state index in [-0.39, 0.29) is 6.10 Å². The average molecular weight is 464 g/mol. The molecular weight excluding hydrogens is 442 g/mol. The number of nitrogens with one attached hydrogen (secondary N) is 1. The first-order valence-corrected chi connectivity index (χ1v) is 10.9. The molecule has 8 nitrogen and oxygen atoms in total. The molecule has 33 heavy (non-hydrogen) atoms. The molecule has 1 saturated heterocycles.